The van der Waals surface area contributed by atoms with E-state index in [0.29, 0.717) is 15.9 Å². The van der Waals surface area contributed by atoms with E-state index in [2.05, 4.69) is 22.1 Å². The van der Waals surface area contributed by atoms with Gasteiger partial charge in [0.15, 0.2) is 5.65 Å². The number of H-pyrrole nitrogens is 1. The van der Waals surface area contributed by atoms with Crippen molar-refractivity contribution < 1.29 is 4.39 Å². The number of benzene rings is 1. The lowest BCUT2D eigenvalue weighted by Crippen LogP contribution is -1.98. The van der Waals surface area contributed by atoms with Gasteiger partial charge in [0, 0.05) is 11.9 Å². The zero-order valence-electron chi connectivity index (χ0n) is 9.77. The minimum absolute atomic E-state index is 0.276. The summed E-state index contributed by atoms with van der Waals surface area (Å²) >= 11 is 5.00. The van der Waals surface area contributed by atoms with Crippen molar-refractivity contribution in [2.45, 2.75) is 19.9 Å². The van der Waals surface area contributed by atoms with Crippen molar-refractivity contribution in [1.82, 2.24) is 19.7 Å². The lowest BCUT2D eigenvalue weighted by atomic mass is 10.2. The van der Waals surface area contributed by atoms with Gasteiger partial charge in [-0.3, -0.25) is 5.10 Å². The second-order valence-electron chi connectivity index (χ2n) is 4.13. The molecule has 0 spiro atoms. The number of rotatable bonds is 2. The van der Waals surface area contributed by atoms with Crippen molar-refractivity contribution >= 4 is 34.3 Å². The zero-order chi connectivity index (χ0) is 12.7. The largest absolute Gasteiger partial charge is 0.324 e. The quantitative estimate of drug-likeness (QED) is 0.721. The predicted octanol–water partition coefficient (Wildman–Crippen LogP) is 3.19. The summed E-state index contributed by atoms with van der Waals surface area (Å²) in [6.45, 7) is 2.89. The Balaban J connectivity index is 2.52. The Kier molecular flexibility index (Phi) is 2.59. The Hall–Kier alpha value is -1.82. The minimum atomic E-state index is -0.276. The van der Waals surface area contributed by atoms with Gasteiger partial charge in [-0.15, -0.1) is 0 Å². The molecule has 0 atom stereocenters. The summed E-state index contributed by atoms with van der Waals surface area (Å²) in [6, 6.07) is 4.69. The second-order valence-corrected chi connectivity index (χ2v) is 4.51. The molecule has 92 valence electrons. The summed E-state index contributed by atoms with van der Waals surface area (Å²) in [6.07, 6.45) is 0.962. The lowest BCUT2D eigenvalue weighted by molar-refractivity contribution is 0.629. The molecular weight excluding hydrogens is 251 g/mol. The van der Waals surface area contributed by atoms with Gasteiger partial charge in [0.25, 0.3) is 0 Å². The SMILES string of the molecule is CCCn1c2ccc(F)cc2c2n[nH]c(=S)nc21. The molecule has 0 unspecified atom stereocenters. The normalized spacial score (nSPS) is 11.4. The minimum Gasteiger partial charge on any atom is -0.324 e. The highest BCUT2D eigenvalue weighted by molar-refractivity contribution is 7.71. The lowest BCUT2D eigenvalue weighted by Gasteiger charge is -2.03. The van der Waals surface area contributed by atoms with Gasteiger partial charge in [-0.25, -0.2) is 4.39 Å². The van der Waals surface area contributed by atoms with Crippen molar-refractivity contribution in [2.24, 2.45) is 0 Å². The van der Waals surface area contributed by atoms with Crippen molar-refractivity contribution in [3.63, 3.8) is 0 Å². The molecule has 0 saturated heterocycles. The fraction of sp³-hybridized carbons (Fsp3) is 0.250. The highest BCUT2D eigenvalue weighted by Gasteiger charge is 2.13. The fourth-order valence-electron chi connectivity index (χ4n) is 2.19. The third kappa shape index (κ3) is 1.60. The van der Waals surface area contributed by atoms with Gasteiger partial charge in [0.05, 0.1) is 5.52 Å². The summed E-state index contributed by atoms with van der Waals surface area (Å²) in [5.74, 6) is -0.276. The molecule has 3 rings (SSSR count). The van der Waals surface area contributed by atoms with E-state index in [0.717, 1.165) is 23.9 Å². The third-order valence-corrected chi connectivity index (χ3v) is 3.07. The molecule has 0 bridgehead atoms. The maximum Gasteiger partial charge on any atom is 0.215 e. The van der Waals surface area contributed by atoms with Gasteiger partial charge >= 0.3 is 0 Å². The third-order valence-electron chi connectivity index (χ3n) is 2.89. The van der Waals surface area contributed by atoms with Gasteiger partial charge in [-0.1, -0.05) is 6.92 Å². The fourth-order valence-corrected chi connectivity index (χ4v) is 2.33. The summed E-state index contributed by atoms with van der Waals surface area (Å²) < 4.78 is 15.7. The van der Waals surface area contributed by atoms with Crippen LogP contribution in [0.2, 0.25) is 0 Å². The van der Waals surface area contributed by atoms with Gasteiger partial charge in [0.1, 0.15) is 11.3 Å². The Morgan fingerprint density at radius 1 is 1.44 bits per heavy atom. The highest BCUT2D eigenvalue weighted by atomic mass is 32.1. The Morgan fingerprint density at radius 3 is 3.06 bits per heavy atom. The van der Waals surface area contributed by atoms with Crippen LogP contribution in [0, 0.1) is 10.6 Å². The monoisotopic (exact) mass is 262 g/mol. The predicted molar refractivity (Wildman–Crippen MR) is 70.5 cm³/mol. The topological polar surface area (TPSA) is 46.5 Å². The maximum absolute atomic E-state index is 13.4. The molecule has 4 nitrogen and oxygen atoms in total. The van der Waals surface area contributed by atoms with Crippen LogP contribution in [0.1, 0.15) is 13.3 Å². The number of halogens is 1. The first-order valence-corrected chi connectivity index (χ1v) is 6.15. The van der Waals surface area contributed by atoms with Gasteiger partial charge in [-0.05, 0) is 36.8 Å². The van der Waals surface area contributed by atoms with Gasteiger partial charge < -0.3 is 4.57 Å². The number of aryl methyl sites for hydroxylation is 1. The second kappa shape index (κ2) is 4.13. The zero-order valence-corrected chi connectivity index (χ0v) is 10.6. The van der Waals surface area contributed by atoms with Crippen molar-refractivity contribution in [1.29, 1.82) is 0 Å². The molecule has 1 aromatic carbocycles. The summed E-state index contributed by atoms with van der Waals surface area (Å²) in [5.41, 5.74) is 2.30. The molecule has 2 aromatic heterocycles. The first-order chi connectivity index (χ1) is 8.70. The molecule has 18 heavy (non-hydrogen) atoms. The van der Waals surface area contributed by atoms with E-state index in [-0.39, 0.29) is 5.82 Å². The van der Waals surface area contributed by atoms with Crippen molar-refractivity contribution in [3.05, 3.63) is 28.8 Å². The van der Waals surface area contributed by atoms with Gasteiger partial charge in [-0.2, -0.15) is 10.1 Å². The smallest absolute Gasteiger partial charge is 0.215 e. The van der Waals surface area contributed by atoms with Gasteiger partial charge in [0.2, 0.25) is 4.77 Å². The summed E-state index contributed by atoms with van der Waals surface area (Å²) in [4.78, 5) is 4.30. The molecule has 1 N–H and O–H groups in total. The Morgan fingerprint density at radius 2 is 2.28 bits per heavy atom. The Labute approximate surface area is 107 Å². The number of fused-ring (bicyclic) bond motifs is 3. The standard InChI is InChI=1S/C12H11FN4S/c1-2-5-17-9-4-3-7(13)6-8(9)10-11(17)14-12(18)16-15-10/h3-4,6H,2,5H2,1H3,(H,14,16,18). The number of nitrogens with zero attached hydrogens (tertiary/aromatic N) is 3. The average molecular weight is 262 g/mol. The first-order valence-electron chi connectivity index (χ1n) is 5.75. The molecule has 0 aliphatic heterocycles. The van der Waals surface area contributed by atoms with E-state index in [1.165, 1.54) is 12.1 Å². The van der Waals surface area contributed by atoms with Crippen molar-refractivity contribution in [3.8, 4) is 0 Å². The van der Waals surface area contributed by atoms with E-state index in [9.17, 15) is 4.39 Å². The van der Waals surface area contributed by atoms with Crippen LogP contribution >= 0.6 is 12.2 Å². The molecule has 0 fully saturated rings. The molecule has 6 heteroatoms. The number of hydrogen-bond acceptors (Lipinski definition) is 3. The van der Waals surface area contributed by atoms with Crippen LogP contribution < -0.4 is 0 Å². The molecule has 0 aliphatic rings. The molecule has 0 amide bonds. The van der Waals surface area contributed by atoms with Crippen LogP contribution in [0.25, 0.3) is 22.1 Å². The Bertz CT molecular complexity index is 790. The molecule has 0 radical (unpaired) electrons. The number of nitrogens with one attached hydrogen (secondary N) is 1. The maximum atomic E-state index is 13.4. The molecule has 0 aliphatic carbocycles. The van der Waals surface area contributed by atoms with Crippen LogP contribution in [0.3, 0.4) is 0 Å². The van der Waals surface area contributed by atoms with Crippen molar-refractivity contribution in [2.75, 3.05) is 0 Å². The van der Waals surface area contributed by atoms with E-state index in [1.807, 2.05) is 4.57 Å². The van der Waals surface area contributed by atoms with Crippen LogP contribution in [0.4, 0.5) is 4.39 Å². The van der Waals surface area contributed by atoms with E-state index in [1.54, 1.807) is 6.07 Å². The van der Waals surface area contributed by atoms with Crippen LogP contribution in [-0.4, -0.2) is 19.7 Å². The molecular formula is C12H11FN4S. The first kappa shape index (κ1) is 11.3. The number of aromatic amines is 1. The molecule has 3 aromatic rings. The highest BCUT2D eigenvalue weighted by Crippen LogP contribution is 2.26. The van der Waals surface area contributed by atoms with Crippen LogP contribution in [0.15, 0.2) is 18.2 Å². The average Bonchev–Trinajstić information content (AvgIpc) is 2.63. The van der Waals surface area contributed by atoms with E-state index < -0.39 is 0 Å². The molecule has 0 saturated carbocycles. The summed E-state index contributed by atoms with van der Waals surface area (Å²) in [7, 11) is 0. The van der Waals surface area contributed by atoms with Crippen LogP contribution in [0.5, 0.6) is 0 Å². The van der Waals surface area contributed by atoms with E-state index in [4.69, 9.17) is 12.2 Å². The number of hydrogen-bond donors (Lipinski definition) is 1. The number of aromatic nitrogens is 4. The molecule has 2 heterocycles. The van der Waals surface area contributed by atoms with E-state index >= 15 is 0 Å². The van der Waals surface area contributed by atoms with Crippen LogP contribution in [-0.2, 0) is 6.54 Å². The summed E-state index contributed by atoms with van der Waals surface area (Å²) in [5, 5.41) is 7.59.